The summed E-state index contributed by atoms with van der Waals surface area (Å²) in [5, 5.41) is 17.3. The maximum atomic E-state index is 13.4. The number of nitrogens with zero attached hydrogens (tertiary/aromatic N) is 4. The molecule has 1 aliphatic heterocycles. The lowest BCUT2D eigenvalue weighted by Gasteiger charge is -2.22. The van der Waals surface area contributed by atoms with Gasteiger partial charge in [-0.25, -0.2) is 19.3 Å². The fourth-order valence-electron chi connectivity index (χ4n) is 4.77. The van der Waals surface area contributed by atoms with Crippen molar-refractivity contribution in [2.45, 2.75) is 51.1 Å². The number of hydrogen-bond acceptors (Lipinski definition) is 6. The van der Waals surface area contributed by atoms with Crippen molar-refractivity contribution in [1.82, 2.24) is 24.6 Å². The molecule has 0 amide bonds. The summed E-state index contributed by atoms with van der Waals surface area (Å²) >= 11 is 0. The van der Waals surface area contributed by atoms with Gasteiger partial charge in [0.15, 0.2) is 5.82 Å². The number of rotatable bonds is 6. The van der Waals surface area contributed by atoms with Crippen molar-refractivity contribution in [3.05, 3.63) is 75.8 Å². The Kier molecular flexibility index (Phi) is 5.23. The van der Waals surface area contributed by atoms with Crippen LogP contribution in [0, 0.1) is 0 Å². The molecule has 0 unspecified atom stereocenters. The van der Waals surface area contributed by atoms with Gasteiger partial charge in [-0.2, -0.15) is 0 Å². The second-order valence-electron chi connectivity index (χ2n) is 10.2. The molecule has 8 nitrogen and oxygen atoms in total. The molecule has 3 N–H and O–H groups in total. The molecule has 0 atom stereocenters. The van der Waals surface area contributed by atoms with Crippen LogP contribution in [0.2, 0.25) is 0 Å². The zero-order valence-electron chi connectivity index (χ0n) is 20.1. The van der Waals surface area contributed by atoms with Crippen LogP contribution in [0.5, 0.6) is 0 Å². The van der Waals surface area contributed by atoms with E-state index in [1.807, 2.05) is 47.5 Å². The first-order chi connectivity index (χ1) is 16.9. The van der Waals surface area contributed by atoms with Crippen molar-refractivity contribution in [1.29, 1.82) is 0 Å². The Morgan fingerprint density at radius 2 is 2.03 bits per heavy atom. The van der Waals surface area contributed by atoms with Crippen molar-refractivity contribution in [2.24, 2.45) is 0 Å². The van der Waals surface area contributed by atoms with Gasteiger partial charge in [0.1, 0.15) is 5.82 Å². The number of aliphatic hydroxyl groups excluding tert-OH is 1. The quantitative estimate of drug-likeness (QED) is 0.399. The normalized spacial score (nSPS) is 15.9. The standard InChI is InChI=1S/C27H30N6O2/c1-27(2,16-34)23-4-3-5-25(31-23)33-22-13-24(29-15-21(22)26(35)32(33)20-8-9-20)30-19-7-6-17-10-11-28-14-18(17)12-19/h3-7,12-13,15,20,28,34H,8-11,14,16H2,1-2H3,(H,29,30). The molecule has 0 bridgehead atoms. The van der Waals surface area contributed by atoms with E-state index < -0.39 is 5.41 Å². The van der Waals surface area contributed by atoms with Crippen LogP contribution in [-0.4, -0.2) is 37.6 Å². The van der Waals surface area contributed by atoms with Crippen LogP contribution in [0.3, 0.4) is 0 Å². The van der Waals surface area contributed by atoms with Gasteiger partial charge in [0.2, 0.25) is 0 Å². The minimum atomic E-state index is -0.487. The van der Waals surface area contributed by atoms with Crippen LogP contribution in [0.15, 0.2) is 53.5 Å². The maximum Gasteiger partial charge on any atom is 0.276 e. The maximum absolute atomic E-state index is 13.4. The lowest BCUT2D eigenvalue weighted by atomic mass is 9.90. The number of anilines is 2. The van der Waals surface area contributed by atoms with Gasteiger partial charge >= 0.3 is 0 Å². The molecule has 3 aromatic heterocycles. The Morgan fingerprint density at radius 3 is 2.83 bits per heavy atom. The van der Waals surface area contributed by atoms with Gasteiger partial charge in [0, 0.05) is 29.9 Å². The molecule has 1 aromatic carbocycles. The van der Waals surface area contributed by atoms with E-state index in [9.17, 15) is 9.90 Å². The summed E-state index contributed by atoms with van der Waals surface area (Å²) < 4.78 is 3.74. The van der Waals surface area contributed by atoms with Crippen molar-refractivity contribution in [2.75, 3.05) is 18.5 Å². The smallest absolute Gasteiger partial charge is 0.276 e. The van der Waals surface area contributed by atoms with E-state index in [2.05, 4.69) is 33.8 Å². The van der Waals surface area contributed by atoms with Crippen LogP contribution in [0.4, 0.5) is 11.5 Å². The molecular weight excluding hydrogens is 440 g/mol. The van der Waals surface area contributed by atoms with Crippen LogP contribution >= 0.6 is 0 Å². The molecule has 0 saturated heterocycles. The zero-order valence-corrected chi connectivity index (χ0v) is 20.1. The Bertz CT molecular complexity index is 1480. The number of aliphatic hydroxyl groups is 1. The topological polar surface area (TPSA) is 97.0 Å². The largest absolute Gasteiger partial charge is 0.395 e. The Labute approximate surface area is 203 Å². The van der Waals surface area contributed by atoms with Crippen molar-refractivity contribution in [3.8, 4) is 5.82 Å². The number of nitrogens with one attached hydrogen (secondary N) is 2. The highest BCUT2D eigenvalue weighted by Crippen LogP contribution is 2.36. The van der Waals surface area contributed by atoms with Gasteiger partial charge in [-0.05, 0) is 61.2 Å². The third kappa shape index (κ3) is 3.92. The Hall–Kier alpha value is -3.49. The molecule has 1 fully saturated rings. The third-order valence-corrected chi connectivity index (χ3v) is 7.06. The molecule has 1 saturated carbocycles. The summed E-state index contributed by atoms with van der Waals surface area (Å²) in [4.78, 5) is 22.8. The Balaban J connectivity index is 1.46. The van der Waals surface area contributed by atoms with E-state index in [1.165, 1.54) is 11.1 Å². The first kappa shape index (κ1) is 22.0. The van der Waals surface area contributed by atoms with E-state index in [4.69, 9.17) is 4.98 Å². The highest BCUT2D eigenvalue weighted by Gasteiger charge is 2.31. The van der Waals surface area contributed by atoms with Crippen molar-refractivity contribution in [3.63, 3.8) is 0 Å². The first-order valence-corrected chi connectivity index (χ1v) is 12.3. The van der Waals surface area contributed by atoms with Gasteiger partial charge in [-0.1, -0.05) is 26.0 Å². The van der Waals surface area contributed by atoms with Crippen LogP contribution in [0.25, 0.3) is 16.7 Å². The van der Waals surface area contributed by atoms with Gasteiger partial charge in [0.05, 0.1) is 29.2 Å². The van der Waals surface area contributed by atoms with Gasteiger partial charge in [-0.15, -0.1) is 0 Å². The second kappa shape index (κ2) is 8.32. The molecular formula is C27H30N6O2. The minimum absolute atomic E-state index is 0.0143. The summed E-state index contributed by atoms with van der Waals surface area (Å²) in [6.45, 7) is 5.78. The predicted molar refractivity (Wildman–Crippen MR) is 137 cm³/mol. The molecule has 180 valence electrons. The zero-order chi connectivity index (χ0) is 24.2. The fraction of sp³-hybridized carbons (Fsp3) is 0.370. The van der Waals surface area contributed by atoms with Gasteiger partial charge < -0.3 is 15.7 Å². The summed E-state index contributed by atoms with van der Waals surface area (Å²) in [6.07, 6.45) is 4.65. The molecule has 4 heterocycles. The fourth-order valence-corrected chi connectivity index (χ4v) is 4.77. The lowest BCUT2D eigenvalue weighted by Crippen LogP contribution is -2.25. The summed E-state index contributed by atoms with van der Waals surface area (Å²) in [7, 11) is 0. The second-order valence-corrected chi connectivity index (χ2v) is 10.2. The van der Waals surface area contributed by atoms with E-state index in [0.29, 0.717) is 17.0 Å². The summed E-state index contributed by atoms with van der Waals surface area (Å²) in [6, 6.07) is 14.3. The average Bonchev–Trinajstić information content (AvgIpc) is 3.68. The van der Waals surface area contributed by atoms with E-state index >= 15 is 0 Å². The van der Waals surface area contributed by atoms with E-state index in [-0.39, 0.29) is 18.2 Å². The molecule has 2 aliphatic rings. The number of fused-ring (bicyclic) bond motifs is 2. The number of pyridine rings is 2. The number of aromatic nitrogens is 4. The Morgan fingerprint density at radius 1 is 1.17 bits per heavy atom. The van der Waals surface area contributed by atoms with Crippen LogP contribution in [-0.2, 0) is 18.4 Å². The first-order valence-electron chi connectivity index (χ1n) is 12.3. The average molecular weight is 471 g/mol. The van der Waals surface area contributed by atoms with Crippen LogP contribution < -0.4 is 16.2 Å². The number of hydrogen-bond donors (Lipinski definition) is 3. The SMILES string of the molecule is CC(C)(CO)c1cccc(-n2c3cc(Nc4ccc5c(c4)CNCC5)ncc3c(=O)n2C2CC2)n1. The van der Waals surface area contributed by atoms with Crippen molar-refractivity contribution < 1.29 is 5.11 Å². The monoisotopic (exact) mass is 470 g/mol. The highest BCUT2D eigenvalue weighted by atomic mass is 16.3. The summed E-state index contributed by atoms with van der Waals surface area (Å²) in [5.74, 6) is 1.34. The molecule has 35 heavy (non-hydrogen) atoms. The molecule has 4 aromatic rings. The summed E-state index contributed by atoms with van der Waals surface area (Å²) in [5.41, 5.74) is 4.67. The minimum Gasteiger partial charge on any atom is -0.395 e. The van der Waals surface area contributed by atoms with E-state index in [1.54, 1.807) is 6.20 Å². The van der Waals surface area contributed by atoms with Gasteiger partial charge in [0.25, 0.3) is 5.56 Å². The number of benzene rings is 1. The van der Waals surface area contributed by atoms with Gasteiger partial charge in [-0.3, -0.25) is 4.79 Å². The lowest BCUT2D eigenvalue weighted by molar-refractivity contribution is 0.215. The third-order valence-electron chi connectivity index (χ3n) is 7.06. The molecule has 8 heteroatoms. The molecule has 0 spiro atoms. The predicted octanol–water partition coefficient (Wildman–Crippen LogP) is 3.58. The highest BCUT2D eigenvalue weighted by molar-refractivity contribution is 5.82. The molecule has 6 rings (SSSR count). The van der Waals surface area contributed by atoms with E-state index in [0.717, 1.165) is 49.2 Å². The van der Waals surface area contributed by atoms with Crippen LogP contribution in [0.1, 0.15) is 49.6 Å². The molecule has 0 radical (unpaired) electrons. The van der Waals surface area contributed by atoms with Crippen molar-refractivity contribution >= 4 is 22.4 Å². The molecule has 1 aliphatic carbocycles.